The van der Waals surface area contributed by atoms with Crippen LogP contribution in [0.3, 0.4) is 0 Å². The average Bonchev–Trinajstić information content (AvgIpc) is 2.77. The molecule has 2 heterocycles. The van der Waals surface area contributed by atoms with Gasteiger partial charge in [-0.2, -0.15) is 4.98 Å². The summed E-state index contributed by atoms with van der Waals surface area (Å²) in [4.78, 5) is 10.1. The first-order chi connectivity index (χ1) is 7.77. The minimum atomic E-state index is 0.0990. The van der Waals surface area contributed by atoms with Crippen LogP contribution in [0.25, 0.3) is 0 Å². The van der Waals surface area contributed by atoms with E-state index in [0.717, 1.165) is 19.4 Å². The minimum absolute atomic E-state index is 0.0990. The van der Waals surface area contributed by atoms with Crippen molar-refractivity contribution in [3.8, 4) is 5.88 Å². The van der Waals surface area contributed by atoms with Crippen molar-refractivity contribution < 1.29 is 9.84 Å². The van der Waals surface area contributed by atoms with Gasteiger partial charge in [0, 0.05) is 6.54 Å². The first-order valence-electron chi connectivity index (χ1n) is 5.30. The van der Waals surface area contributed by atoms with Gasteiger partial charge in [-0.15, -0.1) is 0 Å². The molecule has 1 atom stereocenters. The molecule has 3 N–H and O–H groups in total. The van der Waals surface area contributed by atoms with E-state index in [9.17, 15) is 5.11 Å². The minimum Gasteiger partial charge on any atom is -0.479 e. The molecule has 1 aliphatic heterocycles. The summed E-state index contributed by atoms with van der Waals surface area (Å²) >= 11 is 0. The molecule has 1 unspecified atom stereocenters. The summed E-state index contributed by atoms with van der Waals surface area (Å²) in [7, 11) is 1.52. The molecule has 0 radical (unpaired) electrons. The lowest BCUT2D eigenvalue weighted by Gasteiger charge is -2.25. The molecule has 16 heavy (non-hydrogen) atoms. The zero-order chi connectivity index (χ0) is 11.5. The highest BCUT2D eigenvalue weighted by Crippen LogP contribution is 2.32. The number of anilines is 2. The van der Waals surface area contributed by atoms with Crippen LogP contribution in [0, 0.1) is 0 Å². The van der Waals surface area contributed by atoms with Gasteiger partial charge in [-0.1, -0.05) is 0 Å². The topological polar surface area (TPSA) is 84.5 Å². The Labute approximate surface area is 94.1 Å². The van der Waals surface area contributed by atoms with Crippen molar-refractivity contribution in [2.75, 3.05) is 30.9 Å². The molecule has 0 aliphatic carbocycles. The molecule has 6 heteroatoms. The highest BCUT2D eigenvalue weighted by Gasteiger charge is 2.27. The molecule has 0 spiro atoms. The summed E-state index contributed by atoms with van der Waals surface area (Å²) in [5.41, 5.74) is 6.35. The second-order valence-corrected chi connectivity index (χ2v) is 3.79. The monoisotopic (exact) mass is 224 g/mol. The fourth-order valence-corrected chi connectivity index (χ4v) is 2.07. The average molecular weight is 224 g/mol. The first kappa shape index (κ1) is 10.9. The standard InChI is InChI=1S/C10H16N4O2/c1-16-10-8(11)9(12-6-13-10)14-4-2-3-7(14)5-15/h6-7,15H,2-5,11H2,1H3. The summed E-state index contributed by atoms with van der Waals surface area (Å²) in [5.74, 6) is 1.04. The number of hydrogen-bond donors (Lipinski definition) is 2. The van der Waals surface area contributed by atoms with Crippen molar-refractivity contribution in [3.63, 3.8) is 0 Å². The first-order valence-corrected chi connectivity index (χ1v) is 5.30. The number of aliphatic hydroxyl groups excluding tert-OH is 1. The Morgan fingerprint density at radius 1 is 1.62 bits per heavy atom. The molecule has 2 rings (SSSR count). The predicted octanol–water partition coefficient (Wildman–Crippen LogP) is 0.0285. The molecule has 1 aromatic heterocycles. The van der Waals surface area contributed by atoms with Crippen LogP contribution in [0.5, 0.6) is 5.88 Å². The van der Waals surface area contributed by atoms with Crippen molar-refractivity contribution in [1.82, 2.24) is 9.97 Å². The highest BCUT2D eigenvalue weighted by atomic mass is 16.5. The van der Waals surface area contributed by atoms with Gasteiger partial charge in [0.1, 0.15) is 12.0 Å². The molecule has 6 nitrogen and oxygen atoms in total. The van der Waals surface area contributed by atoms with Gasteiger partial charge in [-0.3, -0.25) is 0 Å². The van der Waals surface area contributed by atoms with Crippen molar-refractivity contribution in [3.05, 3.63) is 6.33 Å². The summed E-state index contributed by atoms with van der Waals surface area (Å²) in [6.07, 6.45) is 3.43. The van der Waals surface area contributed by atoms with E-state index >= 15 is 0 Å². The van der Waals surface area contributed by atoms with E-state index in [-0.39, 0.29) is 12.6 Å². The maximum Gasteiger partial charge on any atom is 0.242 e. The number of aliphatic hydroxyl groups is 1. The van der Waals surface area contributed by atoms with Crippen LogP contribution in [-0.2, 0) is 0 Å². The Bertz CT molecular complexity index is 372. The summed E-state index contributed by atoms with van der Waals surface area (Å²) in [5, 5.41) is 9.26. The maximum atomic E-state index is 9.26. The van der Waals surface area contributed by atoms with Crippen molar-refractivity contribution in [1.29, 1.82) is 0 Å². The van der Waals surface area contributed by atoms with Crippen LogP contribution in [-0.4, -0.2) is 41.4 Å². The third kappa shape index (κ3) is 1.76. The van der Waals surface area contributed by atoms with E-state index in [1.54, 1.807) is 0 Å². The number of ether oxygens (including phenoxy) is 1. The fraction of sp³-hybridized carbons (Fsp3) is 0.600. The molecular weight excluding hydrogens is 208 g/mol. The van der Waals surface area contributed by atoms with Gasteiger partial charge in [0.2, 0.25) is 5.88 Å². The third-order valence-electron chi connectivity index (χ3n) is 2.88. The van der Waals surface area contributed by atoms with Gasteiger partial charge >= 0.3 is 0 Å². The molecule has 88 valence electrons. The number of nitrogens with zero attached hydrogens (tertiary/aromatic N) is 3. The smallest absolute Gasteiger partial charge is 0.242 e. The van der Waals surface area contributed by atoms with Gasteiger partial charge in [0.25, 0.3) is 0 Å². The molecule has 1 aromatic rings. The summed E-state index contributed by atoms with van der Waals surface area (Å²) in [6.45, 7) is 0.974. The number of nitrogens with two attached hydrogens (primary N) is 1. The van der Waals surface area contributed by atoms with E-state index < -0.39 is 0 Å². The predicted molar refractivity (Wildman–Crippen MR) is 60.5 cm³/mol. The zero-order valence-corrected chi connectivity index (χ0v) is 9.26. The SMILES string of the molecule is COc1ncnc(N2CCCC2CO)c1N. The second kappa shape index (κ2) is 4.52. The molecule has 0 amide bonds. The number of nitrogen functional groups attached to an aromatic ring is 1. The zero-order valence-electron chi connectivity index (χ0n) is 9.26. The molecule has 0 saturated carbocycles. The van der Waals surface area contributed by atoms with Crippen LogP contribution in [0.1, 0.15) is 12.8 Å². The Kier molecular flexibility index (Phi) is 3.09. The van der Waals surface area contributed by atoms with Gasteiger partial charge < -0.3 is 20.5 Å². The van der Waals surface area contributed by atoms with Gasteiger partial charge in [-0.25, -0.2) is 4.98 Å². The molecule has 1 saturated heterocycles. The Hall–Kier alpha value is -1.56. The van der Waals surface area contributed by atoms with E-state index in [0.29, 0.717) is 17.4 Å². The number of methoxy groups -OCH3 is 1. The van der Waals surface area contributed by atoms with E-state index in [1.807, 2.05) is 4.90 Å². The number of rotatable bonds is 3. The Morgan fingerprint density at radius 3 is 3.12 bits per heavy atom. The van der Waals surface area contributed by atoms with Crippen LogP contribution < -0.4 is 15.4 Å². The lowest BCUT2D eigenvalue weighted by molar-refractivity contribution is 0.266. The lowest BCUT2D eigenvalue weighted by atomic mass is 10.2. The van der Waals surface area contributed by atoms with Crippen molar-refractivity contribution in [2.45, 2.75) is 18.9 Å². The second-order valence-electron chi connectivity index (χ2n) is 3.79. The van der Waals surface area contributed by atoms with E-state index in [1.165, 1.54) is 13.4 Å². The lowest BCUT2D eigenvalue weighted by Crippen LogP contribution is -2.33. The maximum absolute atomic E-state index is 9.26. The van der Waals surface area contributed by atoms with Gasteiger partial charge in [-0.05, 0) is 12.8 Å². The normalized spacial score (nSPS) is 20.1. The quantitative estimate of drug-likeness (QED) is 0.753. The number of aromatic nitrogens is 2. The van der Waals surface area contributed by atoms with Crippen molar-refractivity contribution in [2.24, 2.45) is 0 Å². The van der Waals surface area contributed by atoms with Crippen LogP contribution in [0.4, 0.5) is 11.5 Å². The van der Waals surface area contributed by atoms with Crippen LogP contribution >= 0.6 is 0 Å². The van der Waals surface area contributed by atoms with E-state index in [2.05, 4.69) is 9.97 Å². The third-order valence-corrected chi connectivity index (χ3v) is 2.88. The summed E-state index contributed by atoms with van der Waals surface area (Å²) < 4.78 is 5.05. The largest absolute Gasteiger partial charge is 0.479 e. The summed E-state index contributed by atoms with van der Waals surface area (Å²) in [6, 6.07) is 0.0990. The van der Waals surface area contributed by atoms with Gasteiger partial charge in [0.15, 0.2) is 5.82 Å². The van der Waals surface area contributed by atoms with Crippen LogP contribution in [0.15, 0.2) is 6.33 Å². The Morgan fingerprint density at radius 2 is 2.44 bits per heavy atom. The Balaban J connectivity index is 2.32. The fourth-order valence-electron chi connectivity index (χ4n) is 2.07. The van der Waals surface area contributed by atoms with Crippen molar-refractivity contribution >= 4 is 11.5 Å². The molecule has 1 fully saturated rings. The number of hydrogen-bond acceptors (Lipinski definition) is 6. The molecule has 1 aliphatic rings. The molecule has 0 bridgehead atoms. The van der Waals surface area contributed by atoms with Crippen LogP contribution in [0.2, 0.25) is 0 Å². The molecular formula is C10H16N4O2. The van der Waals surface area contributed by atoms with E-state index in [4.69, 9.17) is 10.5 Å². The highest BCUT2D eigenvalue weighted by molar-refractivity contribution is 5.68. The van der Waals surface area contributed by atoms with Gasteiger partial charge in [0.05, 0.1) is 19.8 Å². The molecule has 0 aromatic carbocycles.